The number of benzene rings is 1. The van der Waals surface area contributed by atoms with Crippen LogP contribution in [0.3, 0.4) is 0 Å². The topological polar surface area (TPSA) is 27.1 Å². The van der Waals surface area contributed by atoms with Gasteiger partial charge >= 0.3 is 0 Å². The van der Waals surface area contributed by atoms with Crippen molar-refractivity contribution in [2.24, 2.45) is 5.92 Å². The molecule has 1 aliphatic rings. The van der Waals surface area contributed by atoms with E-state index >= 15 is 0 Å². The minimum absolute atomic E-state index is 0.462. The Morgan fingerprint density at radius 2 is 2.33 bits per heavy atom. The molecule has 1 aliphatic carbocycles. The number of fused-ring (bicyclic) bond motifs is 1. The lowest BCUT2D eigenvalue weighted by Gasteiger charge is -2.07. The average molecular weight is 265 g/mol. The summed E-state index contributed by atoms with van der Waals surface area (Å²) in [6, 6.07) is 6.58. The second-order valence-electron chi connectivity index (χ2n) is 4.86. The molecule has 0 spiro atoms. The van der Waals surface area contributed by atoms with Crippen LogP contribution in [0.15, 0.2) is 18.2 Å². The van der Waals surface area contributed by atoms with Gasteiger partial charge in [-0.2, -0.15) is 0 Å². The number of ether oxygens (including phenoxy) is 1. The van der Waals surface area contributed by atoms with Gasteiger partial charge in [0.25, 0.3) is 0 Å². The summed E-state index contributed by atoms with van der Waals surface area (Å²) in [6.45, 7) is 2.24. The molecule has 3 nitrogen and oxygen atoms in total. The highest BCUT2D eigenvalue weighted by atomic mass is 35.5. The first-order chi connectivity index (χ1) is 8.78. The fraction of sp³-hybridized carbons (Fsp3) is 0.500. The molecule has 2 atom stereocenters. The molecule has 0 saturated heterocycles. The molecule has 0 bridgehead atoms. The third kappa shape index (κ3) is 1.77. The van der Waals surface area contributed by atoms with E-state index in [4.69, 9.17) is 16.3 Å². The van der Waals surface area contributed by atoms with Gasteiger partial charge in [-0.1, -0.05) is 13.3 Å². The molecule has 2 unspecified atom stereocenters. The maximum absolute atomic E-state index is 6.03. The highest BCUT2D eigenvalue weighted by molar-refractivity contribution is 6.16. The van der Waals surface area contributed by atoms with Crippen LogP contribution in [0.1, 0.15) is 31.6 Å². The number of aromatic nitrogens is 2. The molecule has 1 fully saturated rings. The lowest BCUT2D eigenvalue weighted by molar-refractivity contribution is 0.415. The highest BCUT2D eigenvalue weighted by Crippen LogP contribution is 2.48. The maximum Gasteiger partial charge on any atom is 0.125 e. The van der Waals surface area contributed by atoms with Crippen molar-refractivity contribution >= 4 is 22.6 Å². The molecule has 0 aliphatic heterocycles. The van der Waals surface area contributed by atoms with E-state index in [9.17, 15) is 0 Å². The van der Waals surface area contributed by atoms with Gasteiger partial charge < -0.3 is 9.30 Å². The van der Waals surface area contributed by atoms with E-state index in [0.29, 0.717) is 11.9 Å². The monoisotopic (exact) mass is 264 g/mol. The molecule has 2 aromatic rings. The van der Waals surface area contributed by atoms with Crippen LogP contribution >= 0.6 is 11.6 Å². The van der Waals surface area contributed by atoms with Crippen LogP contribution in [-0.4, -0.2) is 16.7 Å². The Bertz CT molecular complexity index is 578. The van der Waals surface area contributed by atoms with Gasteiger partial charge in [-0.25, -0.2) is 4.98 Å². The van der Waals surface area contributed by atoms with E-state index in [1.807, 2.05) is 12.1 Å². The smallest absolute Gasteiger partial charge is 0.125 e. The zero-order valence-corrected chi connectivity index (χ0v) is 11.4. The van der Waals surface area contributed by atoms with Crippen LogP contribution in [-0.2, 0) is 5.88 Å². The number of nitrogens with zero attached hydrogens (tertiary/aromatic N) is 2. The Labute approximate surface area is 112 Å². The van der Waals surface area contributed by atoms with Crippen LogP contribution in [0, 0.1) is 5.92 Å². The van der Waals surface area contributed by atoms with E-state index in [1.54, 1.807) is 7.11 Å². The standard InChI is InChI=1S/C14H17ClN2O/c1-3-9-6-12(9)17-13-7-10(18-2)4-5-11(13)16-14(17)8-15/h4-5,7,9,12H,3,6,8H2,1-2H3. The molecule has 4 heteroatoms. The molecule has 96 valence electrons. The van der Waals surface area contributed by atoms with Gasteiger partial charge in [0.15, 0.2) is 0 Å². The fourth-order valence-corrected chi connectivity index (χ4v) is 2.89. The van der Waals surface area contributed by atoms with E-state index in [0.717, 1.165) is 28.5 Å². The van der Waals surface area contributed by atoms with Gasteiger partial charge in [0.05, 0.1) is 24.0 Å². The summed E-state index contributed by atoms with van der Waals surface area (Å²) in [5.74, 6) is 3.08. The second kappa shape index (κ2) is 4.47. The van der Waals surface area contributed by atoms with Crippen LogP contribution < -0.4 is 4.74 Å². The van der Waals surface area contributed by atoms with Crippen molar-refractivity contribution in [1.82, 2.24) is 9.55 Å². The molecule has 1 aromatic heterocycles. The van der Waals surface area contributed by atoms with Crippen LogP contribution in [0.4, 0.5) is 0 Å². The number of alkyl halides is 1. The molecule has 1 saturated carbocycles. The van der Waals surface area contributed by atoms with Crippen molar-refractivity contribution in [2.75, 3.05) is 7.11 Å². The molecule has 18 heavy (non-hydrogen) atoms. The predicted molar refractivity (Wildman–Crippen MR) is 73.3 cm³/mol. The Hall–Kier alpha value is -1.22. The number of imidazole rings is 1. The SMILES string of the molecule is CCC1CC1n1c(CCl)nc2ccc(OC)cc21. The average Bonchev–Trinajstić information content (AvgIpc) is 3.10. The van der Waals surface area contributed by atoms with Crippen molar-refractivity contribution < 1.29 is 4.74 Å². The van der Waals surface area contributed by atoms with Gasteiger partial charge in [-0.3, -0.25) is 0 Å². The van der Waals surface area contributed by atoms with Gasteiger partial charge in [0.1, 0.15) is 11.6 Å². The zero-order valence-electron chi connectivity index (χ0n) is 10.7. The summed E-state index contributed by atoms with van der Waals surface area (Å²) >= 11 is 6.03. The molecule has 3 rings (SSSR count). The maximum atomic E-state index is 6.03. The number of hydrogen-bond donors (Lipinski definition) is 0. The largest absolute Gasteiger partial charge is 0.497 e. The predicted octanol–water partition coefficient (Wildman–Crippen LogP) is 3.75. The summed E-state index contributed by atoms with van der Waals surface area (Å²) in [5, 5.41) is 0. The van der Waals surface area contributed by atoms with Crippen LogP contribution in [0.25, 0.3) is 11.0 Å². The number of methoxy groups -OCH3 is 1. The van der Waals surface area contributed by atoms with Crippen LogP contribution in [0.2, 0.25) is 0 Å². The number of rotatable bonds is 4. The zero-order chi connectivity index (χ0) is 12.7. The van der Waals surface area contributed by atoms with E-state index in [1.165, 1.54) is 12.8 Å². The Morgan fingerprint density at radius 1 is 1.50 bits per heavy atom. The number of hydrogen-bond acceptors (Lipinski definition) is 2. The molecule has 0 radical (unpaired) electrons. The fourth-order valence-electron chi connectivity index (χ4n) is 2.70. The Morgan fingerprint density at radius 3 is 2.94 bits per heavy atom. The van der Waals surface area contributed by atoms with Crippen molar-refractivity contribution in [1.29, 1.82) is 0 Å². The third-order valence-corrected chi connectivity index (χ3v) is 4.07. The normalized spacial score (nSPS) is 22.4. The van der Waals surface area contributed by atoms with Gasteiger partial charge in [0.2, 0.25) is 0 Å². The van der Waals surface area contributed by atoms with E-state index in [2.05, 4.69) is 22.5 Å². The lowest BCUT2D eigenvalue weighted by atomic mass is 10.3. The highest BCUT2D eigenvalue weighted by Gasteiger charge is 2.39. The lowest BCUT2D eigenvalue weighted by Crippen LogP contribution is -2.01. The first kappa shape index (κ1) is 11.8. The first-order valence-electron chi connectivity index (χ1n) is 6.39. The summed E-state index contributed by atoms with van der Waals surface area (Å²) in [4.78, 5) is 4.61. The first-order valence-corrected chi connectivity index (χ1v) is 6.92. The molecule has 0 amide bonds. The van der Waals surface area contributed by atoms with Crippen molar-refractivity contribution in [2.45, 2.75) is 31.7 Å². The minimum atomic E-state index is 0.462. The summed E-state index contributed by atoms with van der Waals surface area (Å²) in [5.41, 5.74) is 2.15. The van der Waals surface area contributed by atoms with Crippen molar-refractivity contribution in [3.05, 3.63) is 24.0 Å². The van der Waals surface area contributed by atoms with E-state index in [-0.39, 0.29) is 0 Å². The van der Waals surface area contributed by atoms with Gasteiger partial charge in [0, 0.05) is 12.1 Å². The molecule has 0 N–H and O–H groups in total. The molecule has 1 aromatic carbocycles. The molecular weight excluding hydrogens is 248 g/mol. The van der Waals surface area contributed by atoms with Crippen molar-refractivity contribution in [3.8, 4) is 5.75 Å². The number of halogens is 1. The Balaban J connectivity index is 2.13. The van der Waals surface area contributed by atoms with Crippen molar-refractivity contribution in [3.63, 3.8) is 0 Å². The quantitative estimate of drug-likeness (QED) is 0.787. The Kier molecular flexibility index (Phi) is 2.94. The van der Waals surface area contributed by atoms with Crippen LogP contribution in [0.5, 0.6) is 5.75 Å². The van der Waals surface area contributed by atoms with Gasteiger partial charge in [-0.05, 0) is 24.5 Å². The van der Waals surface area contributed by atoms with Gasteiger partial charge in [-0.15, -0.1) is 11.6 Å². The summed E-state index contributed by atoms with van der Waals surface area (Å²) in [7, 11) is 1.69. The molecular formula is C14H17ClN2O. The summed E-state index contributed by atoms with van der Waals surface area (Å²) in [6.07, 6.45) is 2.46. The molecule has 1 heterocycles. The third-order valence-electron chi connectivity index (χ3n) is 3.83. The summed E-state index contributed by atoms with van der Waals surface area (Å²) < 4.78 is 7.60. The second-order valence-corrected chi connectivity index (χ2v) is 5.12. The van der Waals surface area contributed by atoms with E-state index < -0.39 is 0 Å². The minimum Gasteiger partial charge on any atom is -0.497 e.